The van der Waals surface area contributed by atoms with Crippen LogP contribution in [0.4, 0.5) is 5.82 Å². The third-order valence-electron chi connectivity index (χ3n) is 3.82. The summed E-state index contributed by atoms with van der Waals surface area (Å²) in [4.78, 5) is 19.1. The van der Waals surface area contributed by atoms with Gasteiger partial charge >= 0.3 is 0 Å². The number of hydrogen-bond donors (Lipinski definition) is 1. The fraction of sp³-hybridized carbons (Fsp3) is 0.625. The molecule has 0 aliphatic carbocycles. The molecule has 0 saturated carbocycles. The molecule has 5 heteroatoms. The first-order chi connectivity index (χ1) is 10.2. The number of aromatic nitrogens is 1. The molecule has 1 saturated heterocycles. The van der Waals surface area contributed by atoms with Crippen molar-refractivity contribution in [1.29, 1.82) is 0 Å². The second kappa shape index (κ2) is 7.41. The van der Waals surface area contributed by atoms with Gasteiger partial charge in [0.15, 0.2) is 0 Å². The lowest BCUT2D eigenvalue weighted by Gasteiger charge is -2.17. The van der Waals surface area contributed by atoms with Crippen LogP contribution in [0, 0.1) is 5.92 Å². The summed E-state index contributed by atoms with van der Waals surface area (Å²) in [6, 6.07) is 3.77. The predicted octanol–water partition coefficient (Wildman–Crippen LogP) is 2.18. The first kappa shape index (κ1) is 15.8. The molecule has 0 aromatic carbocycles. The average Bonchev–Trinajstić information content (AvgIpc) is 2.95. The van der Waals surface area contributed by atoms with Gasteiger partial charge in [0, 0.05) is 43.9 Å². The van der Waals surface area contributed by atoms with Crippen molar-refractivity contribution in [1.82, 2.24) is 9.88 Å². The summed E-state index contributed by atoms with van der Waals surface area (Å²) in [7, 11) is 1.71. The van der Waals surface area contributed by atoms with Gasteiger partial charge in [-0.15, -0.1) is 0 Å². The largest absolute Gasteiger partial charge is 0.384 e. The van der Waals surface area contributed by atoms with Crippen LogP contribution in [0.3, 0.4) is 0 Å². The van der Waals surface area contributed by atoms with Crippen LogP contribution in [0.1, 0.15) is 36.3 Å². The molecule has 21 heavy (non-hydrogen) atoms. The zero-order valence-electron chi connectivity index (χ0n) is 13.2. The van der Waals surface area contributed by atoms with E-state index in [0.29, 0.717) is 5.92 Å². The van der Waals surface area contributed by atoms with Crippen LogP contribution in [0.2, 0.25) is 0 Å². The number of aryl methyl sites for hydroxylation is 1. The number of hydrogen-bond acceptors (Lipinski definition) is 4. The van der Waals surface area contributed by atoms with Gasteiger partial charge < -0.3 is 15.0 Å². The SMILES string of the molecule is CCNc1cc(C(=O)N2CCC(COC)C2)cc(CC)n1. The summed E-state index contributed by atoms with van der Waals surface area (Å²) in [5.74, 6) is 1.34. The van der Waals surface area contributed by atoms with Crippen LogP contribution in [-0.2, 0) is 11.2 Å². The molecule has 1 aromatic heterocycles. The van der Waals surface area contributed by atoms with E-state index < -0.39 is 0 Å². The smallest absolute Gasteiger partial charge is 0.254 e. The van der Waals surface area contributed by atoms with Crippen molar-refractivity contribution < 1.29 is 9.53 Å². The summed E-state index contributed by atoms with van der Waals surface area (Å²) in [5, 5.41) is 3.20. The van der Waals surface area contributed by atoms with Gasteiger partial charge in [-0.3, -0.25) is 4.79 Å². The number of ether oxygens (including phenoxy) is 1. The van der Waals surface area contributed by atoms with Crippen LogP contribution in [0.15, 0.2) is 12.1 Å². The number of carbonyl (C=O) groups excluding carboxylic acids is 1. The van der Waals surface area contributed by atoms with E-state index in [4.69, 9.17) is 4.74 Å². The molecule has 1 unspecified atom stereocenters. The maximum Gasteiger partial charge on any atom is 0.254 e. The molecule has 1 aliphatic rings. The Kier molecular flexibility index (Phi) is 5.56. The number of nitrogens with one attached hydrogen (secondary N) is 1. The van der Waals surface area contributed by atoms with E-state index in [9.17, 15) is 4.79 Å². The Hall–Kier alpha value is -1.62. The number of nitrogens with zero attached hydrogens (tertiary/aromatic N) is 2. The van der Waals surface area contributed by atoms with Crippen molar-refractivity contribution in [2.75, 3.05) is 38.7 Å². The van der Waals surface area contributed by atoms with Gasteiger partial charge in [0.25, 0.3) is 5.91 Å². The van der Waals surface area contributed by atoms with E-state index in [-0.39, 0.29) is 5.91 Å². The first-order valence-electron chi connectivity index (χ1n) is 7.71. The van der Waals surface area contributed by atoms with Crippen LogP contribution in [0.5, 0.6) is 0 Å². The van der Waals surface area contributed by atoms with Crippen LogP contribution in [-0.4, -0.2) is 49.1 Å². The van der Waals surface area contributed by atoms with Gasteiger partial charge in [-0.1, -0.05) is 6.92 Å². The predicted molar refractivity (Wildman–Crippen MR) is 83.7 cm³/mol. The second-order valence-corrected chi connectivity index (χ2v) is 5.48. The van der Waals surface area contributed by atoms with Gasteiger partial charge in [-0.2, -0.15) is 0 Å². The van der Waals surface area contributed by atoms with E-state index in [1.165, 1.54) is 0 Å². The number of methoxy groups -OCH3 is 1. The highest BCUT2D eigenvalue weighted by Gasteiger charge is 2.27. The molecule has 2 rings (SSSR count). The van der Waals surface area contributed by atoms with Crippen molar-refractivity contribution in [2.24, 2.45) is 5.92 Å². The standard InChI is InChI=1S/C16H25N3O2/c1-4-14-8-13(9-15(18-14)17-5-2)16(20)19-7-6-12(10-19)11-21-3/h8-9,12H,4-7,10-11H2,1-3H3,(H,17,18). The van der Waals surface area contributed by atoms with Gasteiger partial charge in [-0.25, -0.2) is 4.98 Å². The molecule has 0 bridgehead atoms. The number of likely N-dealkylation sites (tertiary alicyclic amines) is 1. The Bertz CT molecular complexity index is 490. The normalized spacial score (nSPS) is 18.0. The van der Waals surface area contributed by atoms with Crippen LogP contribution in [0.25, 0.3) is 0 Å². The molecule has 0 spiro atoms. The van der Waals surface area contributed by atoms with E-state index in [1.807, 2.05) is 24.0 Å². The summed E-state index contributed by atoms with van der Waals surface area (Å²) in [6.07, 6.45) is 1.84. The number of rotatable bonds is 6. The third-order valence-corrected chi connectivity index (χ3v) is 3.82. The molecule has 116 valence electrons. The summed E-state index contributed by atoms with van der Waals surface area (Å²) in [5.41, 5.74) is 1.68. The van der Waals surface area contributed by atoms with Gasteiger partial charge in [0.05, 0.1) is 6.61 Å². The molecule has 1 aromatic rings. The fourth-order valence-electron chi connectivity index (χ4n) is 2.74. The topological polar surface area (TPSA) is 54.5 Å². The summed E-state index contributed by atoms with van der Waals surface area (Å²) in [6.45, 7) is 7.20. The van der Waals surface area contributed by atoms with Gasteiger partial charge in [-0.05, 0) is 31.9 Å². The van der Waals surface area contributed by atoms with Crippen LogP contribution < -0.4 is 5.32 Å². The van der Waals surface area contributed by atoms with E-state index in [0.717, 1.165) is 56.2 Å². The summed E-state index contributed by atoms with van der Waals surface area (Å²) >= 11 is 0. The van der Waals surface area contributed by atoms with Crippen molar-refractivity contribution in [2.45, 2.75) is 26.7 Å². The van der Waals surface area contributed by atoms with Gasteiger partial charge in [0.2, 0.25) is 0 Å². The fourth-order valence-corrected chi connectivity index (χ4v) is 2.74. The minimum Gasteiger partial charge on any atom is -0.384 e. The van der Waals surface area contributed by atoms with Gasteiger partial charge in [0.1, 0.15) is 5.82 Å². The van der Waals surface area contributed by atoms with Crippen molar-refractivity contribution >= 4 is 11.7 Å². The molecule has 1 amide bonds. The Balaban J connectivity index is 2.13. The molecule has 1 atom stereocenters. The Morgan fingerprint density at radius 2 is 2.29 bits per heavy atom. The lowest BCUT2D eigenvalue weighted by atomic mass is 10.1. The molecule has 5 nitrogen and oxygen atoms in total. The van der Waals surface area contributed by atoms with Crippen LogP contribution >= 0.6 is 0 Å². The third kappa shape index (κ3) is 3.94. The highest BCUT2D eigenvalue weighted by Crippen LogP contribution is 2.20. The highest BCUT2D eigenvalue weighted by molar-refractivity contribution is 5.95. The number of carbonyl (C=O) groups is 1. The molecule has 2 heterocycles. The van der Waals surface area contributed by atoms with Crippen molar-refractivity contribution in [3.8, 4) is 0 Å². The maximum atomic E-state index is 12.7. The maximum absolute atomic E-state index is 12.7. The Labute approximate surface area is 126 Å². The van der Waals surface area contributed by atoms with E-state index in [1.54, 1.807) is 7.11 Å². The molecule has 1 N–H and O–H groups in total. The van der Waals surface area contributed by atoms with E-state index >= 15 is 0 Å². The minimum absolute atomic E-state index is 0.102. The monoisotopic (exact) mass is 291 g/mol. The minimum atomic E-state index is 0.102. The number of pyridine rings is 1. The first-order valence-corrected chi connectivity index (χ1v) is 7.71. The molecular weight excluding hydrogens is 266 g/mol. The lowest BCUT2D eigenvalue weighted by Crippen LogP contribution is -2.29. The molecular formula is C16H25N3O2. The molecule has 1 fully saturated rings. The number of anilines is 1. The summed E-state index contributed by atoms with van der Waals surface area (Å²) < 4.78 is 5.19. The zero-order chi connectivity index (χ0) is 15.2. The highest BCUT2D eigenvalue weighted by atomic mass is 16.5. The quantitative estimate of drug-likeness (QED) is 0.873. The second-order valence-electron chi connectivity index (χ2n) is 5.48. The molecule has 0 radical (unpaired) electrons. The van der Waals surface area contributed by atoms with Crippen molar-refractivity contribution in [3.05, 3.63) is 23.4 Å². The lowest BCUT2D eigenvalue weighted by molar-refractivity contribution is 0.0775. The van der Waals surface area contributed by atoms with Crippen molar-refractivity contribution in [3.63, 3.8) is 0 Å². The molecule has 1 aliphatic heterocycles. The van der Waals surface area contributed by atoms with E-state index in [2.05, 4.69) is 17.2 Å². The zero-order valence-corrected chi connectivity index (χ0v) is 13.2. The Morgan fingerprint density at radius 1 is 1.48 bits per heavy atom. The average molecular weight is 291 g/mol. The number of amides is 1. The Morgan fingerprint density at radius 3 is 2.95 bits per heavy atom.